The maximum absolute atomic E-state index is 13.6. The lowest BCUT2D eigenvalue weighted by Gasteiger charge is -2.24. The molecule has 0 aliphatic rings. The van der Waals surface area contributed by atoms with E-state index in [1.165, 1.54) is 0 Å². The highest BCUT2D eigenvalue weighted by atomic mass is 19.1. The molecular formula is C18H20F2N2O. The van der Waals surface area contributed by atoms with Crippen molar-refractivity contribution in [3.05, 3.63) is 71.3 Å². The van der Waals surface area contributed by atoms with E-state index in [0.717, 1.165) is 24.1 Å². The number of nitrogens with one attached hydrogen (secondary N) is 1. The van der Waals surface area contributed by atoms with Gasteiger partial charge in [0.25, 0.3) is 5.91 Å². The number of hydrogen-bond acceptors (Lipinski definition) is 2. The lowest BCUT2D eigenvalue weighted by Crippen LogP contribution is -2.41. The van der Waals surface area contributed by atoms with Gasteiger partial charge in [0.1, 0.15) is 11.6 Å². The van der Waals surface area contributed by atoms with Gasteiger partial charge in [0, 0.05) is 18.7 Å². The average molecular weight is 318 g/mol. The summed E-state index contributed by atoms with van der Waals surface area (Å²) in [5.74, 6) is -2.09. The number of rotatable bonds is 6. The van der Waals surface area contributed by atoms with Gasteiger partial charge in [0.05, 0.1) is 5.56 Å². The number of hydrogen-bond donors (Lipinski definition) is 1. The van der Waals surface area contributed by atoms with E-state index < -0.39 is 17.5 Å². The molecule has 1 atom stereocenters. The smallest absolute Gasteiger partial charge is 0.254 e. The van der Waals surface area contributed by atoms with Gasteiger partial charge in [-0.1, -0.05) is 30.3 Å². The lowest BCUT2D eigenvalue weighted by atomic mass is 10.0. The second-order valence-electron chi connectivity index (χ2n) is 5.64. The molecule has 2 rings (SSSR count). The number of carbonyl (C=O) groups is 1. The molecule has 0 aliphatic heterocycles. The zero-order valence-corrected chi connectivity index (χ0v) is 13.2. The largest absolute Gasteiger partial charge is 0.350 e. The summed E-state index contributed by atoms with van der Waals surface area (Å²) in [6.45, 7) is 0.373. The molecule has 2 aromatic rings. The fourth-order valence-electron chi connectivity index (χ4n) is 2.30. The van der Waals surface area contributed by atoms with Crippen molar-refractivity contribution in [2.45, 2.75) is 12.5 Å². The Labute approximate surface area is 134 Å². The van der Waals surface area contributed by atoms with Crippen LogP contribution in [0.15, 0.2) is 48.5 Å². The Kier molecular flexibility index (Phi) is 5.82. The zero-order chi connectivity index (χ0) is 16.8. The molecule has 3 nitrogen and oxygen atoms in total. The van der Waals surface area contributed by atoms with Crippen LogP contribution in [-0.2, 0) is 6.42 Å². The normalized spacial score (nSPS) is 12.2. The summed E-state index contributed by atoms with van der Waals surface area (Å²) in [6, 6.07) is 13.0. The minimum atomic E-state index is -0.855. The van der Waals surface area contributed by atoms with E-state index in [4.69, 9.17) is 0 Å². The van der Waals surface area contributed by atoms with E-state index in [0.29, 0.717) is 12.6 Å². The molecule has 23 heavy (non-hydrogen) atoms. The molecule has 0 radical (unpaired) electrons. The molecule has 0 bridgehead atoms. The standard InChI is InChI=1S/C18H20F2N2O/c1-22(2)15(10-13-6-4-3-5-7-13)12-21-18(23)16-9-8-14(19)11-17(16)20/h3-9,11,15H,10,12H2,1-2H3,(H,21,23)/t15-/m0/s1. The van der Waals surface area contributed by atoms with Gasteiger partial charge in [0.15, 0.2) is 0 Å². The van der Waals surface area contributed by atoms with E-state index in [1.807, 2.05) is 49.3 Å². The van der Waals surface area contributed by atoms with E-state index in [9.17, 15) is 13.6 Å². The predicted octanol–water partition coefficient (Wildman–Crippen LogP) is 2.87. The molecule has 0 spiro atoms. The van der Waals surface area contributed by atoms with Crippen LogP contribution in [0.3, 0.4) is 0 Å². The van der Waals surface area contributed by atoms with Gasteiger partial charge >= 0.3 is 0 Å². The maximum atomic E-state index is 13.6. The molecule has 0 heterocycles. The molecule has 0 aliphatic carbocycles. The summed E-state index contributed by atoms with van der Waals surface area (Å²) in [5, 5.41) is 2.72. The molecule has 0 saturated carbocycles. The number of halogens is 2. The highest BCUT2D eigenvalue weighted by molar-refractivity contribution is 5.94. The Hall–Kier alpha value is -2.27. The van der Waals surface area contributed by atoms with Crippen LogP contribution in [0.4, 0.5) is 8.78 Å². The predicted molar refractivity (Wildman–Crippen MR) is 86.3 cm³/mol. The molecular weight excluding hydrogens is 298 g/mol. The van der Waals surface area contributed by atoms with Crippen molar-refractivity contribution < 1.29 is 13.6 Å². The van der Waals surface area contributed by atoms with Crippen LogP contribution in [0.2, 0.25) is 0 Å². The first-order valence-corrected chi connectivity index (χ1v) is 7.41. The fourth-order valence-corrected chi connectivity index (χ4v) is 2.30. The van der Waals surface area contributed by atoms with Crippen molar-refractivity contribution in [3.63, 3.8) is 0 Å². The van der Waals surface area contributed by atoms with Gasteiger partial charge in [-0.05, 0) is 38.2 Å². The molecule has 0 unspecified atom stereocenters. The molecule has 0 aromatic heterocycles. The van der Waals surface area contributed by atoms with E-state index in [-0.39, 0.29) is 11.6 Å². The molecule has 1 N–H and O–H groups in total. The van der Waals surface area contributed by atoms with Gasteiger partial charge < -0.3 is 10.2 Å². The second kappa shape index (κ2) is 7.83. The van der Waals surface area contributed by atoms with Gasteiger partial charge in [-0.2, -0.15) is 0 Å². The summed E-state index contributed by atoms with van der Waals surface area (Å²) in [4.78, 5) is 14.1. The summed E-state index contributed by atoms with van der Waals surface area (Å²) >= 11 is 0. The number of benzene rings is 2. The Morgan fingerprint density at radius 1 is 1.13 bits per heavy atom. The van der Waals surface area contributed by atoms with Crippen molar-refractivity contribution >= 4 is 5.91 Å². The highest BCUT2D eigenvalue weighted by Gasteiger charge is 2.16. The molecule has 0 saturated heterocycles. The first-order chi connectivity index (χ1) is 11.0. The third-order valence-corrected chi connectivity index (χ3v) is 3.72. The van der Waals surface area contributed by atoms with Crippen LogP contribution in [-0.4, -0.2) is 37.5 Å². The number of likely N-dealkylation sites (N-methyl/N-ethyl adjacent to an activating group) is 1. The van der Waals surface area contributed by atoms with E-state index >= 15 is 0 Å². The van der Waals surface area contributed by atoms with Crippen LogP contribution in [0, 0.1) is 11.6 Å². The molecule has 0 fully saturated rings. The van der Waals surface area contributed by atoms with Gasteiger partial charge in [0.2, 0.25) is 0 Å². The van der Waals surface area contributed by atoms with Gasteiger partial charge in [-0.3, -0.25) is 4.79 Å². The summed E-state index contributed by atoms with van der Waals surface area (Å²) in [5.41, 5.74) is 1.01. The SMILES string of the molecule is CN(C)[C@H](CNC(=O)c1ccc(F)cc1F)Cc1ccccc1. The Bertz CT molecular complexity index is 659. The fraction of sp³-hybridized carbons (Fsp3) is 0.278. The topological polar surface area (TPSA) is 32.3 Å². The van der Waals surface area contributed by atoms with Crippen LogP contribution in [0.5, 0.6) is 0 Å². The number of nitrogens with zero attached hydrogens (tertiary/aromatic N) is 1. The molecule has 5 heteroatoms. The monoisotopic (exact) mass is 318 g/mol. The zero-order valence-electron chi connectivity index (χ0n) is 13.2. The van der Waals surface area contributed by atoms with Gasteiger partial charge in [-0.25, -0.2) is 8.78 Å². The second-order valence-corrected chi connectivity index (χ2v) is 5.64. The highest BCUT2D eigenvalue weighted by Crippen LogP contribution is 2.10. The number of amides is 1. The minimum absolute atomic E-state index is 0.0739. The van der Waals surface area contributed by atoms with Crippen LogP contribution in [0.25, 0.3) is 0 Å². The molecule has 1 amide bonds. The Morgan fingerprint density at radius 3 is 2.43 bits per heavy atom. The first kappa shape index (κ1) is 17.1. The van der Waals surface area contributed by atoms with E-state index in [2.05, 4.69) is 5.32 Å². The average Bonchev–Trinajstić information content (AvgIpc) is 2.51. The molecule has 122 valence electrons. The van der Waals surface area contributed by atoms with Crippen molar-refractivity contribution in [3.8, 4) is 0 Å². The van der Waals surface area contributed by atoms with Crippen molar-refractivity contribution in [1.29, 1.82) is 0 Å². The van der Waals surface area contributed by atoms with Crippen molar-refractivity contribution in [1.82, 2.24) is 10.2 Å². The number of carbonyl (C=O) groups excluding carboxylic acids is 1. The third kappa shape index (κ3) is 4.86. The quantitative estimate of drug-likeness (QED) is 0.888. The lowest BCUT2D eigenvalue weighted by molar-refractivity contribution is 0.0937. The van der Waals surface area contributed by atoms with Gasteiger partial charge in [-0.15, -0.1) is 0 Å². The summed E-state index contributed by atoms with van der Waals surface area (Å²) < 4.78 is 26.5. The van der Waals surface area contributed by atoms with Crippen LogP contribution in [0.1, 0.15) is 15.9 Å². The summed E-state index contributed by atoms with van der Waals surface area (Å²) in [7, 11) is 3.86. The van der Waals surface area contributed by atoms with Crippen molar-refractivity contribution in [2.75, 3.05) is 20.6 Å². The van der Waals surface area contributed by atoms with Crippen LogP contribution >= 0.6 is 0 Å². The van der Waals surface area contributed by atoms with E-state index in [1.54, 1.807) is 0 Å². The minimum Gasteiger partial charge on any atom is -0.350 e. The maximum Gasteiger partial charge on any atom is 0.254 e. The van der Waals surface area contributed by atoms with Crippen molar-refractivity contribution in [2.24, 2.45) is 0 Å². The first-order valence-electron chi connectivity index (χ1n) is 7.41. The Morgan fingerprint density at radius 2 is 1.83 bits per heavy atom. The summed E-state index contributed by atoms with van der Waals surface area (Å²) in [6.07, 6.45) is 0.764. The Balaban J connectivity index is 1.99. The molecule has 2 aromatic carbocycles. The third-order valence-electron chi connectivity index (χ3n) is 3.72. The van der Waals surface area contributed by atoms with Crippen LogP contribution < -0.4 is 5.32 Å².